The maximum atomic E-state index is 12.7. The maximum Gasteiger partial charge on any atom is 0.255 e. The molecule has 0 aliphatic heterocycles. The number of hydrogen-bond acceptors (Lipinski definition) is 5. The molecule has 8 nitrogen and oxygen atoms in total. The van der Waals surface area contributed by atoms with Crippen molar-refractivity contribution in [1.29, 1.82) is 0 Å². The van der Waals surface area contributed by atoms with Crippen LogP contribution in [0.2, 0.25) is 5.02 Å². The van der Waals surface area contributed by atoms with Crippen molar-refractivity contribution < 1.29 is 18.0 Å². The highest BCUT2D eigenvalue weighted by atomic mass is 35.5. The first-order valence-electron chi connectivity index (χ1n) is 9.62. The first-order valence-corrected chi connectivity index (χ1v) is 11.5. The summed E-state index contributed by atoms with van der Waals surface area (Å²) in [5, 5.41) is 5.74. The van der Waals surface area contributed by atoms with Gasteiger partial charge in [0.25, 0.3) is 11.8 Å². The van der Waals surface area contributed by atoms with Crippen LogP contribution in [0.4, 0.5) is 5.69 Å². The minimum atomic E-state index is -3.75. The van der Waals surface area contributed by atoms with Gasteiger partial charge < -0.3 is 10.6 Å². The Balaban J connectivity index is 1.63. The molecule has 0 saturated heterocycles. The van der Waals surface area contributed by atoms with E-state index in [4.69, 9.17) is 11.6 Å². The fourth-order valence-electron chi connectivity index (χ4n) is 2.89. The van der Waals surface area contributed by atoms with E-state index in [0.29, 0.717) is 21.8 Å². The van der Waals surface area contributed by atoms with Gasteiger partial charge in [0.2, 0.25) is 10.0 Å². The summed E-state index contributed by atoms with van der Waals surface area (Å²) in [6, 6.07) is 14.1. The summed E-state index contributed by atoms with van der Waals surface area (Å²) in [6.45, 7) is 1.80. The fraction of sp³-hybridized carbons (Fsp3) is 0.136. The second kappa shape index (κ2) is 10.4. The SMILES string of the molecule is Cc1cccc(C(=O)NCCNS(=O)(=O)c2cccc(Cl)c2)c1NC(=O)c1ccncc1. The van der Waals surface area contributed by atoms with Gasteiger partial charge in [-0.25, -0.2) is 13.1 Å². The fourth-order valence-corrected chi connectivity index (χ4v) is 4.22. The Morgan fingerprint density at radius 1 is 0.969 bits per heavy atom. The minimum Gasteiger partial charge on any atom is -0.351 e. The van der Waals surface area contributed by atoms with Crippen LogP contribution in [0.1, 0.15) is 26.3 Å². The second-order valence-electron chi connectivity index (χ2n) is 6.80. The first-order chi connectivity index (χ1) is 15.3. The van der Waals surface area contributed by atoms with E-state index in [-0.39, 0.29) is 29.5 Å². The quantitative estimate of drug-likeness (QED) is 0.436. The average molecular weight is 473 g/mol. The minimum absolute atomic E-state index is 0.0227. The molecule has 0 spiro atoms. The van der Waals surface area contributed by atoms with Crippen molar-refractivity contribution in [3.8, 4) is 0 Å². The van der Waals surface area contributed by atoms with Gasteiger partial charge in [0.15, 0.2) is 0 Å². The molecule has 0 atom stereocenters. The lowest BCUT2D eigenvalue weighted by atomic mass is 10.1. The number of rotatable bonds is 8. The molecule has 0 fully saturated rings. The van der Waals surface area contributed by atoms with Gasteiger partial charge in [-0.1, -0.05) is 29.8 Å². The first kappa shape index (κ1) is 23.4. The third-order valence-electron chi connectivity index (χ3n) is 4.51. The summed E-state index contributed by atoms with van der Waals surface area (Å²) in [7, 11) is -3.75. The summed E-state index contributed by atoms with van der Waals surface area (Å²) in [5.74, 6) is -0.814. The summed E-state index contributed by atoms with van der Waals surface area (Å²) in [5.41, 5.74) is 1.77. The third kappa shape index (κ3) is 5.91. The van der Waals surface area contributed by atoms with Gasteiger partial charge in [0.05, 0.1) is 16.1 Å². The molecule has 10 heteroatoms. The van der Waals surface area contributed by atoms with E-state index < -0.39 is 15.9 Å². The van der Waals surface area contributed by atoms with E-state index in [1.807, 2.05) is 0 Å². The Morgan fingerprint density at radius 3 is 2.41 bits per heavy atom. The van der Waals surface area contributed by atoms with Crippen LogP contribution < -0.4 is 15.4 Å². The topological polar surface area (TPSA) is 117 Å². The zero-order valence-electron chi connectivity index (χ0n) is 17.1. The van der Waals surface area contributed by atoms with E-state index >= 15 is 0 Å². The standard InChI is InChI=1S/C22H21ClN4O4S/c1-15-4-2-7-19(20(15)27-21(28)16-8-10-24-11-9-16)22(29)25-12-13-26-32(30,31)18-6-3-5-17(23)14-18/h2-11,14,26H,12-13H2,1H3,(H,25,29)(H,27,28). The number of anilines is 1. The molecule has 1 aromatic heterocycles. The molecule has 32 heavy (non-hydrogen) atoms. The van der Waals surface area contributed by atoms with Crippen molar-refractivity contribution in [3.05, 3.63) is 88.7 Å². The average Bonchev–Trinajstić information content (AvgIpc) is 2.78. The van der Waals surface area contributed by atoms with Crippen LogP contribution in [0.15, 0.2) is 71.9 Å². The number of para-hydroxylation sites is 1. The number of carbonyl (C=O) groups excluding carboxylic acids is 2. The molecule has 0 unspecified atom stereocenters. The maximum absolute atomic E-state index is 12.7. The largest absolute Gasteiger partial charge is 0.351 e. The zero-order chi connectivity index (χ0) is 23.1. The summed E-state index contributed by atoms with van der Waals surface area (Å²) < 4.78 is 27.1. The van der Waals surface area contributed by atoms with E-state index in [1.165, 1.54) is 30.6 Å². The van der Waals surface area contributed by atoms with Crippen molar-refractivity contribution in [3.63, 3.8) is 0 Å². The summed E-state index contributed by atoms with van der Waals surface area (Å²) in [6.07, 6.45) is 3.01. The molecular formula is C22H21ClN4O4S. The number of aryl methyl sites for hydroxylation is 1. The van der Waals surface area contributed by atoms with E-state index in [2.05, 4.69) is 20.3 Å². The molecular weight excluding hydrogens is 452 g/mol. The highest BCUT2D eigenvalue weighted by Crippen LogP contribution is 2.21. The lowest BCUT2D eigenvalue weighted by Crippen LogP contribution is -2.35. The van der Waals surface area contributed by atoms with Crippen molar-refractivity contribution in [2.45, 2.75) is 11.8 Å². The molecule has 0 radical (unpaired) electrons. The molecule has 0 aliphatic carbocycles. The van der Waals surface area contributed by atoms with Crippen LogP contribution in [0.25, 0.3) is 0 Å². The molecule has 3 N–H and O–H groups in total. The van der Waals surface area contributed by atoms with Crippen molar-refractivity contribution in [2.24, 2.45) is 0 Å². The van der Waals surface area contributed by atoms with Crippen LogP contribution in [0.5, 0.6) is 0 Å². The number of sulfonamides is 1. The van der Waals surface area contributed by atoms with Crippen LogP contribution in [0.3, 0.4) is 0 Å². The molecule has 0 saturated carbocycles. The van der Waals surface area contributed by atoms with Gasteiger partial charge in [-0.05, 0) is 48.9 Å². The van der Waals surface area contributed by atoms with Gasteiger partial charge in [-0.15, -0.1) is 0 Å². The number of nitrogens with zero attached hydrogens (tertiary/aromatic N) is 1. The second-order valence-corrected chi connectivity index (χ2v) is 9.00. The number of pyridine rings is 1. The molecule has 2 amide bonds. The van der Waals surface area contributed by atoms with Crippen molar-refractivity contribution >= 4 is 39.1 Å². The van der Waals surface area contributed by atoms with Crippen LogP contribution in [-0.4, -0.2) is 38.3 Å². The van der Waals surface area contributed by atoms with Crippen molar-refractivity contribution in [2.75, 3.05) is 18.4 Å². The van der Waals surface area contributed by atoms with Crippen LogP contribution in [0, 0.1) is 6.92 Å². The number of hydrogen-bond donors (Lipinski definition) is 3. The predicted molar refractivity (Wildman–Crippen MR) is 122 cm³/mol. The molecule has 1 heterocycles. The number of nitrogens with one attached hydrogen (secondary N) is 3. The Morgan fingerprint density at radius 2 is 1.69 bits per heavy atom. The Kier molecular flexibility index (Phi) is 7.57. The van der Waals surface area contributed by atoms with Gasteiger partial charge in [-0.2, -0.15) is 0 Å². The predicted octanol–water partition coefficient (Wildman–Crippen LogP) is 3.00. The van der Waals surface area contributed by atoms with Gasteiger partial charge in [0.1, 0.15) is 0 Å². The monoisotopic (exact) mass is 472 g/mol. The molecule has 166 valence electrons. The number of halogens is 1. The van der Waals surface area contributed by atoms with Crippen LogP contribution in [-0.2, 0) is 10.0 Å². The highest BCUT2D eigenvalue weighted by molar-refractivity contribution is 7.89. The van der Waals surface area contributed by atoms with Gasteiger partial charge in [-0.3, -0.25) is 14.6 Å². The number of carbonyl (C=O) groups is 2. The highest BCUT2D eigenvalue weighted by Gasteiger charge is 2.17. The van der Waals surface area contributed by atoms with E-state index in [9.17, 15) is 18.0 Å². The molecule has 2 aromatic carbocycles. The molecule has 0 aliphatic rings. The van der Waals surface area contributed by atoms with E-state index in [1.54, 1.807) is 43.3 Å². The Hall–Kier alpha value is -3.27. The summed E-state index contributed by atoms with van der Waals surface area (Å²) >= 11 is 5.84. The van der Waals surface area contributed by atoms with Gasteiger partial charge in [0, 0.05) is 36.1 Å². The summed E-state index contributed by atoms with van der Waals surface area (Å²) in [4.78, 5) is 29.1. The number of aromatic nitrogens is 1. The van der Waals surface area contributed by atoms with Gasteiger partial charge >= 0.3 is 0 Å². The lowest BCUT2D eigenvalue weighted by molar-refractivity contribution is 0.0955. The Bertz CT molecular complexity index is 1230. The number of amides is 2. The molecule has 3 rings (SSSR count). The third-order valence-corrected chi connectivity index (χ3v) is 6.20. The molecule has 0 bridgehead atoms. The van der Waals surface area contributed by atoms with E-state index in [0.717, 1.165) is 0 Å². The lowest BCUT2D eigenvalue weighted by Gasteiger charge is -2.14. The molecule has 3 aromatic rings. The zero-order valence-corrected chi connectivity index (χ0v) is 18.7. The number of benzene rings is 2. The normalized spacial score (nSPS) is 11.1. The Labute approximate surface area is 191 Å². The smallest absolute Gasteiger partial charge is 0.255 e. The van der Waals surface area contributed by atoms with Crippen LogP contribution >= 0.6 is 11.6 Å². The van der Waals surface area contributed by atoms with Crippen molar-refractivity contribution in [1.82, 2.24) is 15.0 Å².